The van der Waals surface area contributed by atoms with Crippen molar-refractivity contribution in [2.24, 2.45) is 0 Å². The lowest BCUT2D eigenvalue weighted by Crippen LogP contribution is -2.53. The van der Waals surface area contributed by atoms with E-state index >= 15 is 0 Å². The second kappa shape index (κ2) is 9.70. The SMILES string of the molecule is Cc1cc(C([OH2+])(C(F)(F)F)C(F)(F)F)ccc1-c1sc(-c2nnc(C(C)(C)O)o2)nc1CN1CC(F)(F)C[C@@H]1C. The zero-order valence-electron chi connectivity index (χ0n) is 21.5. The fraction of sp³-hybridized carbons (Fsp3) is 0.542. The van der Waals surface area contributed by atoms with E-state index in [0.717, 1.165) is 17.4 Å². The summed E-state index contributed by atoms with van der Waals surface area (Å²) in [6.07, 6.45) is -12.3. The van der Waals surface area contributed by atoms with Crippen LogP contribution in [0.1, 0.15) is 49.9 Å². The highest BCUT2D eigenvalue weighted by Crippen LogP contribution is 2.51. The van der Waals surface area contributed by atoms with Crippen LogP contribution in [0.4, 0.5) is 35.1 Å². The number of benzene rings is 1. The van der Waals surface area contributed by atoms with Gasteiger partial charge in [0, 0.05) is 19.0 Å². The predicted molar refractivity (Wildman–Crippen MR) is 128 cm³/mol. The topological polar surface area (TPSA) is 98.2 Å². The Bertz CT molecular complexity index is 1380. The monoisotopic (exact) mass is 601 g/mol. The zero-order chi connectivity index (χ0) is 30.1. The lowest BCUT2D eigenvalue weighted by molar-refractivity contribution is -0.376. The normalized spacial score (nSPS) is 19.0. The van der Waals surface area contributed by atoms with Gasteiger partial charge in [0.15, 0.2) is 5.01 Å². The molecule has 4 rings (SSSR count). The molecule has 220 valence electrons. The van der Waals surface area contributed by atoms with Crippen LogP contribution in [0.3, 0.4) is 0 Å². The van der Waals surface area contributed by atoms with Gasteiger partial charge in [0.1, 0.15) is 5.60 Å². The molecule has 3 heterocycles. The van der Waals surface area contributed by atoms with E-state index < -0.39 is 54.0 Å². The summed E-state index contributed by atoms with van der Waals surface area (Å²) in [5, 5.41) is 25.2. The summed E-state index contributed by atoms with van der Waals surface area (Å²) in [6.45, 7) is 5.00. The van der Waals surface area contributed by atoms with Gasteiger partial charge >= 0.3 is 18.0 Å². The molecule has 1 atom stereocenters. The average Bonchev–Trinajstić information content (AvgIpc) is 3.49. The van der Waals surface area contributed by atoms with Crippen LogP contribution in [0.5, 0.6) is 0 Å². The first-order chi connectivity index (χ1) is 18.1. The van der Waals surface area contributed by atoms with Crippen LogP contribution in [0.25, 0.3) is 21.3 Å². The third-order valence-electron chi connectivity index (χ3n) is 6.59. The first-order valence-electron chi connectivity index (χ1n) is 11.8. The van der Waals surface area contributed by atoms with Gasteiger partial charge in [0.2, 0.25) is 5.89 Å². The van der Waals surface area contributed by atoms with Crippen LogP contribution < -0.4 is 0 Å². The van der Waals surface area contributed by atoms with E-state index in [-0.39, 0.29) is 45.0 Å². The summed E-state index contributed by atoms with van der Waals surface area (Å²) in [6, 6.07) is 1.69. The number of halogens is 8. The maximum atomic E-state index is 14.1. The van der Waals surface area contributed by atoms with Crippen LogP contribution in [0, 0.1) is 6.92 Å². The van der Waals surface area contributed by atoms with Crippen LogP contribution in [0.2, 0.25) is 0 Å². The Hall–Kier alpha value is -2.69. The molecule has 0 amide bonds. The number of nitrogens with zero attached hydrogens (tertiary/aromatic N) is 4. The first-order valence-corrected chi connectivity index (χ1v) is 12.6. The minimum absolute atomic E-state index is 0.0263. The van der Waals surface area contributed by atoms with Gasteiger partial charge in [-0.25, -0.2) is 13.8 Å². The molecule has 7 nitrogen and oxygen atoms in total. The number of alkyl halides is 8. The van der Waals surface area contributed by atoms with E-state index in [0.29, 0.717) is 12.1 Å². The van der Waals surface area contributed by atoms with E-state index in [2.05, 4.69) is 15.2 Å². The van der Waals surface area contributed by atoms with Crippen LogP contribution in [-0.2, 0) is 17.7 Å². The molecule has 2 aromatic heterocycles. The number of thiazole rings is 1. The molecule has 1 fully saturated rings. The molecule has 1 aliphatic heterocycles. The van der Waals surface area contributed by atoms with Crippen LogP contribution in [-0.4, -0.2) is 61.2 Å². The third-order valence-corrected chi connectivity index (χ3v) is 7.71. The molecule has 0 bridgehead atoms. The van der Waals surface area contributed by atoms with Crippen molar-refractivity contribution in [1.82, 2.24) is 20.1 Å². The van der Waals surface area contributed by atoms with Crippen molar-refractivity contribution in [3.05, 3.63) is 40.9 Å². The van der Waals surface area contributed by atoms with Gasteiger partial charge in [0.05, 0.1) is 22.7 Å². The zero-order valence-corrected chi connectivity index (χ0v) is 22.3. The molecule has 40 heavy (non-hydrogen) atoms. The fourth-order valence-electron chi connectivity index (χ4n) is 4.44. The van der Waals surface area contributed by atoms with Crippen molar-refractivity contribution < 1.29 is 49.8 Å². The molecule has 0 spiro atoms. The second-order valence-electron chi connectivity index (χ2n) is 10.4. The fourth-order valence-corrected chi connectivity index (χ4v) is 5.53. The van der Waals surface area contributed by atoms with E-state index in [1.165, 1.54) is 25.7 Å². The van der Waals surface area contributed by atoms with Crippen molar-refractivity contribution >= 4 is 11.3 Å². The van der Waals surface area contributed by atoms with Crippen molar-refractivity contribution in [3.8, 4) is 21.3 Å². The molecule has 1 saturated heterocycles. The molecule has 0 unspecified atom stereocenters. The number of hydrogen-bond acceptors (Lipinski definition) is 7. The Kier molecular flexibility index (Phi) is 7.34. The largest absolute Gasteiger partial charge is 0.480 e. The summed E-state index contributed by atoms with van der Waals surface area (Å²) < 4.78 is 115. The molecule has 1 aliphatic rings. The summed E-state index contributed by atoms with van der Waals surface area (Å²) in [4.78, 5) is 6.19. The Morgan fingerprint density at radius 3 is 2.23 bits per heavy atom. The number of rotatable bonds is 6. The number of aryl methyl sites for hydroxylation is 1. The van der Waals surface area contributed by atoms with Crippen molar-refractivity contribution in [2.45, 2.75) is 76.2 Å². The molecule has 3 N–H and O–H groups in total. The highest BCUT2D eigenvalue weighted by atomic mass is 32.1. The smallest absolute Gasteiger partial charge is 0.424 e. The Morgan fingerprint density at radius 2 is 1.75 bits per heavy atom. The number of likely N-dealkylation sites (tertiary alicyclic amines) is 1. The second-order valence-corrected chi connectivity index (χ2v) is 11.4. The van der Waals surface area contributed by atoms with Gasteiger partial charge in [0.25, 0.3) is 11.8 Å². The Labute approximate surface area is 226 Å². The lowest BCUT2D eigenvalue weighted by atomic mass is 9.89. The number of aromatic nitrogens is 3. The van der Waals surface area contributed by atoms with Crippen molar-refractivity contribution in [2.75, 3.05) is 6.54 Å². The third kappa shape index (κ3) is 5.45. The minimum Gasteiger partial charge on any atom is -0.424 e. The standard InChI is InChI=1S/C24H24F8N4O3S/c1-11-7-13(22(38,23(27,28)29)24(30,31)32)5-6-14(11)16-15(9-36-10-21(25,26)8-12(36)2)33-18(40-16)17-34-35-19(39-17)20(3,4)37/h5-7,12,37-38H,8-10H2,1-4H3/p+1/t12-/m0/s1. The molecular weight excluding hydrogens is 576 g/mol. The average molecular weight is 602 g/mol. The van der Waals surface area contributed by atoms with Gasteiger partial charge in [-0.1, -0.05) is 6.07 Å². The molecule has 0 saturated carbocycles. The van der Waals surface area contributed by atoms with Crippen molar-refractivity contribution in [3.63, 3.8) is 0 Å². The summed E-state index contributed by atoms with van der Waals surface area (Å²) in [5.41, 5.74) is -7.29. The van der Waals surface area contributed by atoms with Gasteiger partial charge in [-0.2, -0.15) is 26.3 Å². The number of hydrogen-bond donors (Lipinski definition) is 1. The maximum absolute atomic E-state index is 14.1. The molecular formula is C24H25F8N4O3S+. The van der Waals surface area contributed by atoms with E-state index in [1.54, 1.807) is 6.92 Å². The highest BCUT2D eigenvalue weighted by Gasteiger charge is 2.76. The summed E-state index contributed by atoms with van der Waals surface area (Å²) in [7, 11) is 0. The van der Waals surface area contributed by atoms with Gasteiger partial charge < -0.3 is 14.6 Å². The molecule has 0 aliphatic carbocycles. The first kappa shape index (κ1) is 30.3. The van der Waals surface area contributed by atoms with E-state index in [9.17, 15) is 40.2 Å². The molecule has 16 heteroatoms. The van der Waals surface area contributed by atoms with Crippen LogP contribution >= 0.6 is 11.3 Å². The van der Waals surface area contributed by atoms with Gasteiger partial charge in [-0.3, -0.25) is 4.90 Å². The Balaban J connectivity index is 1.82. The van der Waals surface area contributed by atoms with Gasteiger partial charge in [-0.05, 0) is 51.0 Å². The highest BCUT2D eigenvalue weighted by molar-refractivity contribution is 7.18. The molecule has 0 radical (unpaired) electrons. The number of aliphatic hydroxyl groups is 1. The quantitative estimate of drug-likeness (QED) is 0.289. The summed E-state index contributed by atoms with van der Waals surface area (Å²) >= 11 is 0.918. The molecule has 1 aromatic carbocycles. The van der Waals surface area contributed by atoms with Crippen molar-refractivity contribution in [1.29, 1.82) is 0 Å². The minimum atomic E-state index is -5.95. The maximum Gasteiger partial charge on any atom is 0.480 e. The Morgan fingerprint density at radius 1 is 1.12 bits per heavy atom. The van der Waals surface area contributed by atoms with E-state index in [1.807, 2.05) is 0 Å². The summed E-state index contributed by atoms with van der Waals surface area (Å²) in [5.74, 6) is -3.21. The van der Waals surface area contributed by atoms with Gasteiger partial charge in [-0.15, -0.1) is 21.5 Å². The van der Waals surface area contributed by atoms with E-state index in [4.69, 9.17) is 9.52 Å². The lowest BCUT2D eigenvalue weighted by Gasteiger charge is -2.28. The predicted octanol–water partition coefficient (Wildman–Crippen LogP) is 5.67. The molecule has 3 aromatic rings. The van der Waals surface area contributed by atoms with Crippen LogP contribution in [0.15, 0.2) is 22.6 Å².